The van der Waals surface area contributed by atoms with Crippen LogP contribution in [0.5, 0.6) is 11.5 Å². The fraction of sp³-hybridized carbons (Fsp3) is 0.233. The first-order valence-corrected chi connectivity index (χ1v) is 13.4. The van der Waals surface area contributed by atoms with E-state index in [9.17, 15) is 9.18 Å². The molecule has 1 aliphatic heterocycles. The van der Waals surface area contributed by atoms with Crippen LogP contribution in [0.1, 0.15) is 25.3 Å². The van der Waals surface area contributed by atoms with Gasteiger partial charge in [-0.2, -0.15) is 0 Å². The van der Waals surface area contributed by atoms with Crippen molar-refractivity contribution < 1.29 is 18.7 Å². The molecule has 0 bridgehead atoms. The Morgan fingerprint density at radius 3 is 2.83 bits per heavy atom. The Hall–Kier alpha value is -4.21. The molecule has 4 aromatic rings. The zero-order chi connectivity index (χ0) is 27.9. The van der Waals surface area contributed by atoms with Crippen molar-refractivity contribution >= 4 is 45.6 Å². The van der Waals surface area contributed by atoms with Crippen LogP contribution in [0.4, 0.5) is 21.6 Å². The van der Waals surface area contributed by atoms with Crippen LogP contribution >= 0.6 is 11.6 Å². The second-order valence-corrected chi connectivity index (χ2v) is 9.64. The smallest absolute Gasteiger partial charge is 0.248 e. The molecule has 206 valence electrons. The first kappa shape index (κ1) is 27.4. The van der Waals surface area contributed by atoms with E-state index in [1.54, 1.807) is 42.5 Å². The van der Waals surface area contributed by atoms with Crippen LogP contribution in [-0.4, -0.2) is 35.1 Å². The van der Waals surface area contributed by atoms with Crippen molar-refractivity contribution in [3.63, 3.8) is 0 Å². The SMILES string of the molecule is CCOc1cc2ncnc(Nc3cccc(Cl)c3OCc3cccc(F)c3)c2cc1NC(=O)/C=C/C1CCCN1. The maximum absolute atomic E-state index is 13.6. The van der Waals surface area contributed by atoms with Gasteiger partial charge in [-0.25, -0.2) is 14.4 Å². The molecule has 0 radical (unpaired) electrons. The largest absolute Gasteiger partial charge is 0.492 e. The van der Waals surface area contributed by atoms with Crippen molar-refractivity contribution in [2.45, 2.75) is 32.4 Å². The van der Waals surface area contributed by atoms with Gasteiger partial charge in [0.1, 0.15) is 30.3 Å². The Kier molecular flexibility index (Phi) is 8.73. The highest BCUT2D eigenvalue weighted by atomic mass is 35.5. The Labute approximate surface area is 236 Å². The normalized spacial score (nSPS) is 14.9. The van der Waals surface area contributed by atoms with Crippen LogP contribution in [0.15, 0.2) is 73.1 Å². The minimum atomic E-state index is -0.342. The highest BCUT2D eigenvalue weighted by Crippen LogP contribution is 2.38. The van der Waals surface area contributed by atoms with Crippen LogP contribution in [0.3, 0.4) is 0 Å². The van der Waals surface area contributed by atoms with Crippen LogP contribution in [0.2, 0.25) is 5.02 Å². The number of carbonyl (C=O) groups excluding carboxylic acids is 1. The number of benzene rings is 3. The highest BCUT2D eigenvalue weighted by Gasteiger charge is 2.16. The minimum absolute atomic E-state index is 0.123. The molecular formula is C30H29ClFN5O3. The van der Waals surface area contributed by atoms with Crippen molar-refractivity contribution in [3.05, 3.63) is 89.5 Å². The predicted molar refractivity (Wildman–Crippen MR) is 155 cm³/mol. The molecule has 10 heteroatoms. The average Bonchev–Trinajstić information content (AvgIpc) is 3.46. The molecule has 8 nitrogen and oxygen atoms in total. The van der Waals surface area contributed by atoms with Crippen LogP contribution in [-0.2, 0) is 11.4 Å². The molecule has 1 aliphatic rings. The molecule has 1 unspecified atom stereocenters. The molecular weight excluding hydrogens is 533 g/mol. The fourth-order valence-electron chi connectivity index (χ4n) is 4.47. The lowest BCUT2D eigenvalue weighted by Gasteiger charge is -2.17. The Morgan fingerprint density at radius 1 is 1.15 bits per heavy atom. The first-order chi connectivity index (χ1) is 19.5. The zero-order valence-corrected chi connectivity index (χ0v) is 22.7. The summed E-state index contributed by atoms with van der Waals surface area (Å²) < 4.78 is 25.4. The maximum Gasteiger partial charge on any atom is 0.248 e. The Morgan fingerprint density at radius 2 is 2.02 bits per heavy atom. The van der Waals surface area contributed by atoms with Crippen LogP contribution in [0.25, 0.3) is 10.9 Å². The first-order valence-electron chi connectivity index (χ1n) is 13.1. The van der Waals surface area contributed by atoms with Crippen molar-refractivity contribution in [3.8, 4) is 11.5 Å². The molecule has 1 aromatic heterocycles. The molecule has 1 amide bonds. The topological polar surface area (TPSA) is 97.4 Å². The fourth-order valence-corrected chi connectivity index (χ4v) is 4.70. The quantitative estimate of drug-likeness (QED) is 0.193. The van der Waals surface area contributed by atoms with Gasteiger partial charge in [0.05, 0.1) is 28.5 Å². The molecule has 1 fully saturated rings. The summed E-state index contributed by atoms with van der Waals surface area (Å²) in [5.41, 5.74) is 2.35. The summed E-state index contributed by atoms with van der Waals surface area (Å²) >= 11 is 6.48. The third kappa shape index (κ3) is 6.67. The third-order valence-electron chi connectivity index (χ3n) is 6.36. The van der Waals surface area contributed by atoms with Crippen molar-refractivity contribution in [2.24, 2.45) is 0 Å². The second-order valence-electron chi connectivity index (χ2n) is 9.23. The Balaban J connectivity index is 1.43. The lowest BCUT2D eigenvalue weighted by Crippen LogP contribution is -2.19. The third-order valence-corrected chi connectivity index (χ3v) is 6.66. The van der Waals surface area contributed by atoms with Crippen LogP contribution in [0, 0.1) is 5.82 Å². The molecule has 1 saturated heterocycles. The number of ether oxygens (including phenoxy) is 2. The molecule has 5 rings (SSSR count). The van der Waals surface area contributed by atoms with Crippen molar-refractivity contribution in [1.82, 2.24) is 15.3 Å². The number of para-hydroxylation sites is 1. The van der Waals surface area contributed by atoms with Gasteiger partial charge in [0.15, 0.2) is 5.75 Å². The number of hydrogen-bond donors (Lipinski definition) is 3. The average molecular weight is 562 g/mol. The molecule has 0 aliphatic carbocycles. The molecule has 0 saturated carbocycles. The zero-order valence-electron chi connectivity index (χ0n) is 21.9. The summed E-state index contributed by atoms with van der Waals surface area (Å²) in [5.74, 6) is 0.772. The standard InChI is InChI=1S/C30H29ClFN5O3/c1-2-39-27-16-25-22(15-26(27)36-28(38)12-11-21-8-5-13-33-21)30(35-18-34-25)37-24-10-4-9-23(31)29(24)40-17-19-6-3-7-20(32)14-19/h3-4,6-7,9-12,14-16,18,21,33H,2,5,8,13,17H2,1H3,(H,36,38)(H,34,35,37)/b12-11+. The summed E-state index contributed by atoms with van der Waals surface area (Å²) in [6, 6.07) is 15.2. The van der Waals surface area contributed by atoms with E-state index in [2.05, 4.69) is 25.9 Å². The number of amides is 1. The summed E-state index contributed by atoms with van der Waals surface area (Å²) in [6.07, 6.45) is 6.96. The van der Waals surface area contributed by atoms with E-state index in [-0.39, 0.29) is 24.4 Å². The monoisotopic (exact) mass is 561 g/mol. The number of fused-ring (bicyclic) bond motifs is 1. The molecule has 0 spiro atoms. The van der Waals surface area contributed by atoms with Gasteiger partial charge in [-0.15, -0.1) is 0 Å². The van der Waals surface area contributed by atoms with Gasteiger partial charge in [0.25, 0.3) is 0 Å². The van der Waals surface area contributed by atoms with Gasteiger partial charge < -0.3 is 25.4 Å². The maximum atomic E-state index is 13.6. The van der Waals surface area contributed by atoms with E-state index in [1.807, 2.05) is 13.0 Å². The van der Waals surface area contributed by atoms with E-state index in [1.165, 1.54) is 24.5 Å². The van der Waals surface area contributed by atoms with Crippen LogP contribution < -0.4 is 25.4 Å². The van der Waals surface area contributed by atoms with Gasteiger partial charge in [0.2, 0.25) is 5.91 Å². The summed E-state index contributed by atoms with van der Waals surface area (Å²) in [7, 11) is 0. The van der Waals surface area contributed by atoms with Crippen molar-refractivity contribution in [1.29, 1.82) is 0 Å². The number of rotatable bonds is 10. The van der Waals surface area contributed by atoms with E-state index in [0.717, 1.165) is 19.4 Å². The number of nitrogens with zero attached hydrogens (tertiary/aromatic N) is 2. The van der Waals surface area contributed by atoms with E-state index < -0.39 is 0 Å². The number of carbonyl (C=O) groups is 1. The lowest BCUT2D eigenvalue weighted by atomic mass is 10.1. The number of anilines is 3. The minimum Gasteiger partial charge on any atom is -0.492 e. The van der Waals surface area contributed by atoms with E-state index >= 15 is 0 Å². The lowest BCUT2D eigenvalue weighted by molar-refractivity contribution is -0.111. The summed E-state index contributed by atoms with van der Waals surface area (Å²) in [5, 5.41) is 10.6. The molecule has 1 atom stereocenters. The second kappa shape index (κ2) is 12.8. The molecule has 3 aromatic carbocycles. The predicted octanol–water partition coefficient (Wildman–Crippen LogP) is 6.39. The number of aromatic nitrogens is 2. The highest BCUT2D eigenvalue weighted by molar-refractivity contribution is 6.32. The van der Waals surface area contributed by atoms with Gasteiger partial charge >= 0.3 is 0 Å². The van der Waals surface area contributed by atoms with Gasteiger partial charge in [-0.1, -0.05) is 35.9 Å². The van der Waals surface area contributed by atoms with Crippen molar-refractivity contribution in [2.75, 3.05) is 23.8 Å². The van der Waals surface area contributed by atoms with Gasteiger partial charge in [0, 0.05) is 23.6 Å². The van der Waals surface area contributed by atoms with E-state index in [0.29, 0.717) is 56.8 Å². The number of nitrogens with one attached hydrogen (secondary N) is 3. The summed E-state index contributed by atoms with van der Waals surface area (Å²) in [6.45, 7) is 3.37. The number of halogens is 2. The van der Waals surface area contributed by atoms with Gasteiger partial charge in [-0.05, 0) is 62.2 Å². The number of hydrogen-bond acceptors (Lipinski definition) is 7. The molecule has 2 heterocycles. The van der Waals surface area contributed by atoms with Gasteiger partial charge in [-0.3, -0.25) is 4.79 Å². The Bertz CT molecular complexity index is 1540. The summed E-state index contributed by atoms with van der Waals surface area (Å²) in [4.78, 5) is 21.6. The molecule has 3 N–H and O–H groups in total. The molecule has 40 heavy (non-hydrogen) atoms. The van der Waals surface area contributed by atoms with E-state index in [4.69, 9.17) is 21.1 Å².